The summed E-state index contributed by atoms with van der Waals surface area (Å²) >= 11 is 0. The van der Waals surface area contributed by atoms with Gasteiger partial charge in [-0.2, -0.15) is 13.2 Å². The van der Waals surface area contributed by atoms with E-state index in [-0.39, 0.29) is 11.9 Å². The van der Waals surface area contributed by atoms with Gasteiger partial charge in [0.25, 0.3) is 0 Å². The van der Waals surface area contributed by atoms with E-state index in [0.717, 1.165) is 17.7 Å². The van der Waals surface area contributed by atoms with Crippen LogP contribution in [-0.4, -0.2) is 13.6 Å². The fourth-order valence-electron chi connectivity index (χ4n) is 1.99. The Morgan fingerprint density at radius 3 is 2.38 bits per heavy atom. The molecule has 0 aliphatic carbocycles. The highest BCUT2D eigenvalue weighted by Gasteiger charge is 2.30. The van der Waals surface area contributed by atoms with Crippen LogP contribution in [0, 0.1) is 0 Å². The number of hydrogen-bond donors (Lipinski definition) is 1. The lowest BCUT2D eigenvalue weighted by atomic mass is 10.1. The van der Waals surface area contributed by atoms with E-state index in [0.29, 0.717) is 6.54 Å². The van der Waals surface area contributed by atoms with Gasteiger partial charge in [-0.15, -0.1) is 0 Å². The Morgan fingerprint density at radius 1 is 1.05 bits per heavy atom. The van der Waals surface area contributed by atoms with E-state index in [1.54, 1.807) is 7.05 Å². The van der Waals surface area contributed by atoms with Gasteiger partial charge in [0.1, 0.15) is 11.9 Å². The van der Waals surface area contributed by atoms with Gasteiger partial charge in [0.15, 0.2) is 0 Å². The zero-order valence-corrected chi connectivity index (χ0v) is 11.5. The number of likely N-dealkylation sites (N-methyl/N-ethyl adjacent to an activating group) is 1. The first kappa shape index (κ1) is 15.4. The predicted octanol–water partition coefficient (Wildman–Crippen LogP) is 4.04. The Labute approximate surface area is 121 Å². The molecule has 2 nitrogen and oxygen atoms in total. The van der Waals surface area contributed by atoms with E-state index in [4.69, 9.17) is 4.74 Å². The Bertz CT molecular complexity index is 569. The third kappa shape index (κ3) is 4.23. The molecule has 2 rings (SSSR count). The Kier molecular flexibility index (Phi) is 4.85. The maximum absolute atomic E-state index is 12.7. The molecular formula is C16H16F3NO. The highest BCUT2D eigenvalue weighted by molar-refractivity contribution is 5.31. The molecule has 1 unspecified atom stereocenters. The second-order valence-corrected chi connectivity index (χ2v) is 4.60. The predicted molar refractivity (Wildman–Crippen MR) is 75.2 cm³/mol. The van der Waals surface area contributed by atoms with Gasteiger partial charge >= 0.3 is 6.18 Å². The van der Waals surface area contributed by atoms with Gasteiger partial charge < -0.3 is 10.1 Å². The van der Waals surface area contributed by atoms with Crippen LogP contribution in [0.4, 0.5) is 13.2 Å². The first-order chi connectivity index (χ1) is 10.0. The van der Waals surface area contributed by atoms with Crippen LogP contribution >= 0.6 is 0 Å². The van der Waals surface area contributed by atoms with E-state index in [1.165, 1.54) is 12.1 Å². The van der Waals surface area contributed by atoms with Crippen molar-refractivity contribution >= 4 is 0 Å². The van der Waals surface area contributed by atoms with Crippen LogP contribution in [0.25, 0.3) is 0 Å². The molecule has 0 aliphatic rings. The molecule has 0 radical (unpaired) electrons. The van der Waals surface area contributed by atoms with Crippen LogP contribution < -0.4 is 10.1 Å². The van der Waals surface area contributed by atoms with Crippen molar-refractivity contribution in [3.05, 3.63) is 65.7 Å². The normalized spacial score (nSPS) is 13.0. The number of nitrogens with one attached hydrogen (secondary N) is 1. The Balaban J connectivity index is 2.21. The molecule has 0 bridgehead atoms. The topological polar surface area (TPSA) is 21.3 Å². The van der Waals surface area contributed by atoms with Gasteiger partial charge in [-0.3, -0.25) is 0 Å². The molecule has 0 fully saturated rings. The zero-order valence-electron chi connectivity index (χ0n) is 11.5. The van der Waals surface area contributed by atoms with E-state index < -0.39 is 11.7 Å². The lowest BCUT2D eigenvalue weighted by molar-refractivity contribution is -0.137. The molecule has 0 amide bonds. The smallest absolute Gasteiger partial charge is 0.416 e. The van der Waals surface area contributed by atoms with Gasteiger partial charge in [-0.05, 0) is 30.8 Å². The Hall–Kier alpha value is -2.01. The van der Waals surface area contributed by atoms with Crippen LogP contribution in [0.3, 0.4) is 0 Å². The molecular weight excluding hydrogens is 279 g/mol. The van der Waals surface area contributed by atoms with Crippen molar-refractivity contribution in [3.8, 4) is 5.75 Å². The van der Waals surface area contributed by atoms with Crippen LogP contribution in [0.5, 0.6) is 5.75 Å². The van der Waals surface area contributed by atoms with Gasteiger partial charge in [0.05, 0.1) is 5.56 Å². The zero-order chi connectivity index (χ0) is 15.3. The monoisotopic (exact) mass is 295 g/mol. The van der Waals surface area contributed by atoms with Gasteiger partial charge in [-0.25, -0.2) is 0 Å². The maximum Gasteiger partial charge on any atom is 0.416 e. The molecule has 5 heteroatoms. The summed E-state index contributed by atoms with van der Waals surface area (Å²) in [5, 5.41) is 2.98. The molecule has 2 aromatic rings. The van der Waals surface area contributed by atoms with Crippen molar-refractivity contribution in [2.75, 3.05) is 13.6 Å². The standard InChI is InChI=1S/C16H16F3NO/c1-20-11-15(12-6-3-2-4-7-12)21-14-9-5-8-13(10-14)16(17,18)19/h2-10,15,20H,11H2,1H3. The minimum Gasteiger partial charge on any atom is -0.484 e. The fourth-order valence-corrected chi connectivity index (χ4v) is 1.99. The second kappa shape index (κ2) is 6.63. The van der Waals surface area contributed by atoms with Gasteiger partial charge in [0.2, 0.25) is 0 Å². The lowest BCUT2D eigenvalue weighted by Gasteiger charge is -2.20. The molecule has 0 saturated heterocycles. The molecule has 0 aromatic heterocycles. The van der Waals surface area contributed by atoms with E-state index in [9.17, 15) is 13.2 Å². The summed E-state index contributed by atoms with van der Waals surface area (Å²) in [6, 6.07) is 14.3. The SMILES string of the molecule is CNCC(Oc1cccc(C(F)(F)F)c1)c1ccccc1. The number of hydrogen-bond acceptors (Lipinski definition) is 2. The van der Waals surface area contributed by atoms with E-state index >= 15 is 0 Å². The van der Waals surface area contributed by atoms with Crippen molar-refractivity contribution in [2.45, 2.75) is 12.3 Å². The molecule has 1 N–H and O–H groups in total. The highest BCUT2D eigenvalue weighted by atomic mass is 19.4. The van der Waals surface area contributed by atoms with Crippen molar-refractivity contribution in [1.29, 1.82) is 0 Å². The highest BCUT2D eigenvalue weighted by Crippen LogP contribution is 2.32. The molecule has 1 atom stereocenters. The van der Waals surface area contributed by atoms with Crippen LogP contribution in [0.15, 0.2) is 54.6 Å². The third-order valence-corrected chi connectivity index (χ3v) is 3.00. The molecule has 21 heavy (non-hydrogen) atoms. The average Bonchev–Trinajstić information content (AvgIpc) is 2.47. The molecule has 0 aliphatic heterocycles. The fraction of sp³-hybridized carbons (Fsp3) is 0.250. The summed E-state index contributed by atoms with van der Waals surface area (Å²) in [4.78, 5) is 0. The minimum atomic E-state index is -4.37. The number of benzene rings is 2. The van der Waals surface area contributed by atoms with Crippen molar-refractivity contribution < 1.29 is 17.9 Å². The average molecular weight is 295 g/mol. The van der Waals surface area contributed by atoms with Crippen molar-refractivity contribution in [3.63, 3.8) is 0 Å². The van der Waals surface area contributed by atoms with Crippen LogP contribution in [0.1, 0.15) is 17.2 Å². The molecule has 0 saturated carbocycles. The summed E-state index contributed by atoms with van der Waals surface area (Å²) in [5.41, 5.74) is 0.195. The second-order valence-electron chi connectivity index (χ2n) is 4.60. The third-order valence-electron chi connectivity index (χ3n) is 3.00. The summed E-state index contributed by atoms with van der Waals surface area (Å²) in [6.07, 6.45) is -4.72. The molecule has 0 spiro atoms. The molecule has 2 aromatic carbocycles. The van der Waals surface area contributed by atoms with Crippen molar-refractivity contribution in [2.24, 2.45) is 0 Å². The van der Waals surface area contributed by atoms with Gasteiger partial charge in [0, 0.05) is 6.54 Å². The minimum absolute atomic E-state index is 0.203. The number of rotatable bonds is 5. The van der Waals surface area contributed by atoms with Crippen LogP contribution in [-0.2, 0) is 6.18 Å². The molecule has 0 heterocycles. The quantitative estimate of drug-likeness (QED) is 0.898. The van der Waals surface area contributed by atoms with Gasteiger partial charge in [-0.1, -0.05) is 36.4 Å². The Morgan fingerprint density at radius 2 is 1.76 bits per heavy atom. The first-order valence-corrected chi connectivity index (χ1v) is 6.54. The largest absolute Gasteiger partial charge is 0.484 e. The maximum atomic E-state index is 12.7. The summed E-state index contributed by atoms with van der Waals surface area (Å²) in [7, 11) is 1.77. The summed E-state index contributed by atoms with van der Waals surface area (Å²) in [5.74, 6) is 0.203. The van der Waals surface area contributed by atoms with Crippen LogP contribution in [0.2, 0.25) is 0 Å². The van der Waals surface area contributed by atoms with E-state index in [2.05, 4.69) is 5.32 Å². The number of alkyl halides is 3. The van der Waals surface area contributed by atoms with E-state index in [1.807, 2.05) is 30.3 Å². The first-order valence-electron chi connectivity index (χ1n) is 6.54. The van der Waals surface area contributed by atoms with Crippen molar-refractivity contribution in [1.82, 2.24) is 5.32 Å². The lowest BCUT2D eigenvalue weighted by Crippen LogP contribution is -2.22. The number of halogens is 3. The molecule has 112 valence electrons. The number of ether oxygens (including phenoxy) is 1. The summed E-state index contributed by atoms with van der Waals surface area (Å²) in [6.45, 7) is 0.500. The summed E-state index contributed by atoms with van der Waals surface area (Å²) < 4.78 is 43.8.